The predicted molar refractivity (Wildman–Crippen MR) is 92.4 cm³/mol. The van der Waals surface area contributed by atoms with Crippen molar-refractivity contribution in [2.45, 2.75) is 44.9 Å². The first-order chi connectivity index (χ1) is 11.1. The highest BCUT2D eigenvalue weighted by Crippen LogP contribution is 2.60. The standard InChI is InChI=1S/C21H26O2/c1-13-10-16-12-20(15-4-8-18(23)9-5-15)21(16)19(11-13)14-2-6-17(22)7-3-14/h2,4-6,8-9,13,16,19-23H,3,7,10-12H2,1H3. The molecular formula is C21H26O2. The molecule has 1 aromatic rings. The van der Waals surface area contributed by atoms with Crippen molar-refractivity contribution in [2.75, 3.05) is 0 Å². The van der Waals surface area contributed by atoms with Gasteiger partial charge in [0.05, 0.1) is 5.76 Å². The van der Waals surface area contributed by atoms with Crippen LogP contribution in [0.5, 0.6) is 5.75 Å². The molecule has 4 rings (SSSR count). The van der Waals surface area contributed by atoms with Crippen LogP contribution in [-0.2, 0) is 0 Å². The lowest BCUT2D eigenvalue weighted by molar-refractivity contribution is 0.0135. The molecule has 0 saturated heterocycles. The van der Waals surface area contributed by atoms with Gasteiger partial charge in [-0.25, -0.2) is 0 Å². The molecule has 2 fully saturated rings. The third-order valence-corrected chi connectivity index (χ3v) is 6.35. The van der Waals surface area contributed by atoms with Gasteiger partial charge in [-0.15, -0.1) is 0 Å². The summed E-state index contributed by atoms with van der Waals surface area (Å²) in [6, 6.07) is 7.85. The zero-order chi connectivity index (χ0) is 16.0. The Morgan fingerprint density at radius 2 is 1.65 bits per heavy atom. The topological polar surface area (TPSA) is 40.5 Å². The molecule has 2 nitrogen and oxygen atoms in total. The maximum Gasteiger partial charge on any atom is 0.115 e. The zero-order valence-electron chi connectivity index (χ0n) is 13.8. The van der Waals surface area contributed by atoms with E-state index in [0.717, 1.165) is 30.6 Å². The average Bonchev–Trinajstić information content (AvgIpc) is 2.52. The number of aromatic hydroxyl groups is 1. The molecule has 1 aromatic carbocycles. The lowest BCUT2D eigenvalue weighted by atomic mass is 9.50. The Morgan fingerprint density at radius 3 is 2.35 bits per heavy atom. The summed E-state index contributed by atoms with van der Waals surface area (Å²) in [7, 11) is 0. The van der Waals surface area contributed by atoms with Crippen molar-refractivity contribution in [1.82, 2.24) is 0 Å². The Hall–Kier alpha value is -1.70. The fourth-order valence-electron chi connectivity index (χ4n) is 5.27. The van der Waals surface area contributed by atoms with E-state index in [0.29, 0.717) is 23.3 Å². The first-order valence-corrected chi connectivity index (χ1v) is 8.99. The second-order valence-electron chi connectivity index (χ2n) is 7.85. The highest BCUT2D eigenvalue weighted by Gasteiger charge is 2.49. The first-order valence-electron chi connectivity index (χ1n) is 8.99. The lowest BCUT2D eigenvalue weighted by Gasteiger charge is -2.55. The summed E-state index contributed by atoms with van der Waals surface area (Å²) in [6.07, 6.45) is 9.86. The Labute approximate surface area is 138 Å². The van der Waals surface area contributed by atoms with Crippen molar-refractivity contribution in [3.63, 3.8) is 0 Å². The SMILES string of the molecule is CC1CC2CC(c3ccc(O)cc3)C2C(C2=CC=C(O)CC2)C1. The van der Waals surface area contributed by atoms with Crippen molar-refractivity contribution in [3.8, 4) is 5.75 Å². The van der Waals surface area contributed by atoms with Gasteiger partial charge in [-0.05, 0) is 79.0 Å². The number of aliphatic hydroxyl groups is 1. The number of phenolic OH excluding ortho intramolecular Hbond substituents is 1. The molecule has 0 aliphatic heterocycles. The highest BCUT2D eigenvalue weighted by atomic mass is 16.3. The van der Waals surface area contributed by atoms with Crippen molar-refractivity contribution in [2.24, 2.45) is 23.7 Å². The minimum absolute atomic E-state index is 0.356. The molecule has 3 aliphatic rings. The zero-order valence-corrected chi connectivity index (χ0v) is 13.8. The second kappa shape index (κ2) is 5.74. The van der Waals surface area contributed by atoms with E-state index in [9.17, 15) is 10.2 Å². The summed E-state index contributed by atoms with van der Waals surface area (Å²) in [5.74, 6) is 4.59. The quantitative estimate of drug-likeness (QED) is 0.776. The summed E-state index contributed by atoms with van der Waals surface area (Å²) >= 11 is 0. The van der Waals surface area contributed by atoms with Crippen molar-refractivity contribution < 1.29 is 10.2 Å². The minimum Gasteiger partial charge on any atom is -0.512 e. The van der Waals surface area contributed by atoms with E-state index in [4.69, 9.17) is 0 Å². The fourth-order valence-corrected chi connectivity index (χ4v) is 5.27. The van der Waals surface area contributed by atoms with Gasteiger partial charge >= 0.3 is 0 Å². The van der Waals surface area contributed by atoms with Crippen molar-refractivity contribution >= 4 is 0 Å². The minimum atomic E-state index is 0.356. The molecule has 0 spiro atoms. The highest BCUT2D eigenvalue weighted by molar-refractivity contribution is 5.33. The number of benzene rings is 1. The smallest absolute Gasteiger partial charge is 0.115 e. The predicted octanol–water partition coefficient (Wildman–Crippen LogP) is 5.32. The largest absolute Gasteiger partial charge is 0.512 e. The molecule has 0 heterocycles. The van der Waals surface area contributed by atoms with Gasteiger partial charge in [-0.3, -0.25) is 0 Å². The number of fused-ring (bicyclic) bond motifs is 1. The Morgan fingerprint density at radius 1 is 0.870 bits per heavy atom. The van der Waals surface area contributed by atoms with E-state index >= 15 is 0 Å². The third-order valence-electron chi connectivity index (χ3n) is 6.35. The normalized spacial score (nSPS) is 36.5. The van der Waals surface area contributed by atoms with Crippen molar-refractivity contribution in [1.29, 1.82) is 0 Å². The van der Waals surface area contributed by atoms with Crippen LogP contribution >= 0.6 is 0 Å². The Bertz CT molecular complexity index is 640. The first kappa shape index (κ1) is 14.9. The van der Waals surface area contributed by atoms with Crippen LogP contribution in [0.15, 0.2) is 47.7 Å². The van der Waals surface area contributed by atoms with Gasteiger partial charge in [0.25, 0.3) is 0 Å². The molecule has 2 heteroatoms. The van der Waals surface area contributed by atoms with E-state index in [1.165, 1.54) is 24.8 Å². The average molecular weight is 310 g/mol. The fraction of sp³-hybridized carbons (Fsp3) is 0.524. The van der Waals surface area contributed by atoms with Crippen LogP contribution in [0.3, 0.4) is 0 Å². The van der Waals surface area contributed by atoms with E-state index in [2.05, 4.69) is 25.1 Å². The molecule has 5 unspecified atom stereocenters. The van der Waals surface area contributed by atoms with E-state index in [1.807, 2.05) is 18.2 Å². The van der Waals surface area contributed by atoms with Crippen LogP contribution < -0.4 is 0 Å². The Balaban J connectivity index is 1.61. The van der Waals surface area contributed by atoms with E-state index in [1.54, 1.807) is 5.57 Å². The van der Waals surface area contributed by atoms with E-state index in [-0.39, 0.29) is 0 Å². The molecule has 0 radical (unpaired) electrons. The van der Waals surface area contributed by atoms with E-state index < -0.39 is 0 Å². The molecule has 3 aliphatic carbocycles. The number of aliphatic hydroxyl groups excluding tert-OH is 1. The van der Waals surface area contributed by atoms with Crippen LogP contribution in [0.2, 0.25) is 0 Å². The molecular weight excluding hydrogens is 284 g/mol. The Kier molecular flexibility index (Phi) is 3.71. The summed E-state index contributed by atoms with van der Waals surface area (Å²) in [5, 5.41) is 19.2. The van der Waals surface area contributed by atoms with Crippen LogP contribution in [0.1, 0.15) is 50.5 Å². The third kappa shape index (κ3) is 2.69. The second-order valence-corrected chi connectivity index (χ2v) is 7.85. The molecule has 122 valence electrons. The van der Waals surface area contributed by atoms with Gasteiger partial charge in [0.2, 0.25) is 0 Å². The summed E-state index contributed by atoms with van der Waals surface area (Å²) in [4.78, 5) is 0. The maximum absolute atomic E-state index is 9.66. The molecule has 0 amide bonds. The number of allylic oxidation sites excluding steroid dienone is 4. The van der Waals surface area contributed by atoms with Crippen LogP contribution in [-0.4, -0.2) is 10.2 Å². The number of hydrogen-bond donors (Lipinski definition) is 2. The maximum atomic E-state index is 9.66. The summed E-state index contributed by atoms with van der Waals surface area (Å²) in [5.41, 5.74) is 2.94. The number of phenols is 1. The van der Waals surface area contributed by atoms with Crippen molar-refractivity contribution in [3.05, 3.63) is 53.3 Å². The van der Waals surface area contributed by atoms with Gasteiger partial charge in [0, 0.05) is 6.42 Å². The number of hydrogen-bond acceptors (Lipinski definition) is 2. The molecule has 5 atom stereocenters. The lowest BCUT2D eigenvalue weighted by Crippen LogP contribution is -2.45. The molecule has 2 N–H and O–H groups in total. The summed E-state index contributed by atoms with van der Waals surface area (Å²) in [6.45, 7) is 2.40. The number of rotatable bonds is 2. The monoisotopic (exact) mass is 310 g/mol. The summed E-state index contributed by atoms with van der Waals surface area (Å²) < 4.78 is 0. The molecule has 23 heavy (non-hydrogen) atoms. The van der Waals surface area contributed by atoms with Gasteiger partial charge in [-0.2, -0.15) is 0 Å². The van der Waals surface area contributed by atoms with Gasteiger partial charge in [0.15, 0.2) is 0 Å². The van der Waals surface area contributed by atoms with Gasteiger partial charge in [0.1, 0.15) is 5.75 Å². The molecule has 0 bridgehead atoms. The van der Waals surface area contributed by atoms with Gasteiger partial charge in [-0.1, -0.05) is 30.7 Å². The molecule has 0 aromatic heterocycles. The van der Waals surface area contributed by atoms with Crippen LogP contribution in [0.25, 0.3) is 0 Å². The molecule has 2 saturated carbocycles. The van der Waals surface area contributed by atoms with Crippen LogP contribution in [0.4, 0.5) is 0 Å². The van der Waals surface area contributed by atoms with Crippen LogP contribution in [0, 0.1) is 23.7 Å². The van der Waals surface area contributed by atoms with Gasteiger partial charge < -0.3 is 10.2 Å².